The van der Waals surface area contributed by atoms with Crippen LogP contribution in [0.15, 0.2) is 83.3 Å². The molecule has 0 aliphatic carbocycles. The number of aromatic amines is 1. The Bertz CT molecular complexity index is 1600. The molecular formula is C28H23FN4O4. The first-order valence-electron chi connectivity index (χ1n) is 11.5. The molecule has 1 aliphatic heterocycles. The van der Waals surface area contributed by atoms with Crippen LogP contribution in [0.4, 0.5) is 9.18 Å². The van der Waals surface area contributed by atoms with Crippen LogP contribution in [0, 0.1) is 12.7 Å². The zero-order chi connectivity index (χ0) is 26.1. The van der Waals surface area contributed by atoms with Crippen molar-refractivity contribution in [2.75, 3.05) is 7.11 Å². The second kappa shape index (κ2) is 9.62. The van der Waals surface area contributed by atoms with E-state index in [-0.39, 0.29) is 17.8 Å². The number of aromatic nitrogens is 2. The van der Waals surface area contributed by atoms with E-state index in [0.29, 0.717) is 28.3 Å². The van der Waals surface area contributed by atoms with E-state index in [1.165, 1.54) is 29.0 Å². The molecule has 0 spiro atoms. The van der Waals surface area contributed by atoms with Crippen LogP contribution in [0.3, 0.4) is 0 Å². The summed E-state index contributed by atoms with van der Waals surface area (Å²) in [6.45, 7) is 1.84. The number of nitrogens with one attached hydrogen (secondary N) is 2. The van der Waals surface area contributed by atoms with Crippen molar-refractivity contribution in [1.29, 1.82) is 0 Å². The standard InChI is InChI=1S/C28H23FN4O4/c1-17-9-11-21(12-10-17)33-26(34)23(25(31-33)19-6-4-8-22(14-19)37-2)15-24-27(35)32(28(36)30-24)16-18-5-3-7-20(29)13-18/h3-15,31H,16H2,1-2H3,(H,30,36)/b24-15-. The van der Waals surface area contributed by atoms with Crippen molar-refractivity contribution < 1.29 is 18.7 Å². The van der Waals surface area contributed by atoms with Crippen molar-refractivity contribution in [2.24, 2.45) is 0 Å². The molecule has 3 amide bonds. The van der Waals surface area contributed by atoms with E-state index in [1.54, 1.807) is 37.4 Å². The molecule has 8 nitrogen and oxygen atoms in total. The summed E-state index contributed by atoms with van der Waals surface area (Å²) in [5.74, 6) is -0.493. The third kappa shape index (κ3) is 4.66. The number of amides is 3. The molecule has 3 aromatic carbocycles. The Morgan fingerprint density at radius 2 is 1.73 bits per heavy atom. The molecule has 9 heteroatoms. The predicted molar refractivity (Wildman–Crippen MR) is 137 cm³/mol. The van der Waals surface area contributed by atoms with Crippen molar-refractivity contribution >= 4 is 18.0 Å². The largest absolute Gasteiger partial charge is 0.497 e. The van der Waals surface area contributed by atoms with Gasteiger partial charge in [-0.3, -0.25) is 19.6 Å². The number of carbonyl (C=O) groups is 2. The SMILES string of the molecule is COc1cccc(-c2[nH]n(-c3ccc(C)cc3)c(=O)c2/C=C2\NC(=O)N(Cc3cccc(F)c3)C2=O)c1. The highest BCUT2D eigenvalue weighted by Gasteiger charge is 2.34. The summed E-state index contributed by atoms with van der Waals surface area (Å²) < 4.78 is 20.3. The van der Waals surface area contributed by atoms with Crippen LogP contribution in [0.1, 0.15) is 16.7 Å². The van der Waals surface area contributed by atoms with E-state index in [1.807, 2.05) is 31.2 Å². The summed E-state index contributed by atoms with van der Waals surface area (Å²) in [5, 5.41) is 5.68. The Balaban J connectivity index is 1.59. The van der Waals surface area contributed by atoms with Crippen LogP contribution in [0.25, 0.3) is 23.0 Å². The normalized spacial score (nSPS) is 14.4. The summed E-state index contributed by atoms with van der Waals surface area (Å²) in [6, 6.07) is 19.5. The molecule has 1 fully saturated rings. The van der Waals surface area contributed by atoms with Gasteiger partial charge in [0, 0.05) is 5.56 Å². The number of imide groups is 1. The van der Waals surface area contributed by atoms with Crippen LogP contribution in [0.5, 0.6) is 5.75 Å². The maximum Gasteiger partial charge on any atom is 0.329 e. The second-order valence-corrected chi connectivity index (χ2v) is 8.62. The van der Waals surface area contributed by atoms with Gasteiger partial charge in [-0.05, 0) is 55.0 Å². The number of rotatable bonds is 6. The van der Waals surface area contributed by atoms with E-state index >= 15 is 0 Å². The molecule has 0 saturated carbocycles. The first-order valence-corrected chi connectivity index (χ1v) is 11.5. The number of hydrogen-bond donors (Lipinski definition) is 2. The van der Waals surface area contributed by atoms with Gasteiger partial charge in [0.05, 0.1) is 30.6 Å². The van der Waals surface area contributed by atoms with E-state index in [9.17, 15) is 18.8 Å². The highest BCUT2D eigenvalue weighted by atomic mass is 19.1. The van der Waals surface area contributed by atoms with Gasteiger partial charge in [0.2, 0.25) is 0 Å². The van der Waals surface area contributed by atoms with Crippen LogP contribution in [-0.4, -0.2) is 33.7 Å². The fourth-order valence-electron chi connectivity index (χ4n) is 4.14. The van der Waals surface area contributed by atoms with Crippen LogP contribution < -0.4 is 15.6 Å². The number of H-pyrrole nitrogens is 1. The van der Waals surface area contributed by atoms with Crippen LogP contribution >= 0.6 is 0 Å². The van der Waals surface area contributed by atoms with Crippen molar-refractivity contribution in [2.45, 2.75) is 13.5 Å². The minimum absolute atomic E-state index is 0.0577. The van der Waals surface area contributed by atoms with Crippen molar-refractivity contribution in [3.8, 4) is 22.7 Å². The maximum atomic E-state index is 13.6. The van der Waals surface area contributed by atoms with Crippen molar-refractivity contribution in [3.05, 3.63) is 111 Å². The van der Waals surface area contributed by atoms with Gasteiger partial charge in [0.15, 0.2) is 0 Å². The van der Waals surface area contributed by atoms with Gasteiger partial charge in [-0.25, -0.2) is 13.9 Å². The third-order valence-corrected chi connectivity index (χ3v) is 6.06. The quantitative estimate of drug-likeness (QED) is 0.305. The molecule has 0 atom stereocenters. The summed E-state index contributed by atoms with van der Waals surface area (Å²) in [4.78, 5) is 40.3. The van der Waals surface area contributed by atoms with Crippen molar-refractivity contribution in [1.82, 2.24) is 20.0 Å². The van der Waals surface area contributed by atoms with Gasteiger partial charge in [0.1, 0.15) is 17.3 Å². The number of benzene rings is 3. The fourth-order valence-corrected chi connectivity index (χ4v) is 4.14. The predicted octanol–water partition coefficient (Wildman–Crippen LogP) is 4.38. The molecule has 2 heterocycles. The number of halogens is 1. The average Bonchev–Trinajstić information content (AvgIpc) is 3.35. The highest BCUT2D eigenvalue weighted by Crippen LogP contribution is 2.27. The zero-order valence-electron chi connectivity index (χ0n) is 20.1. The minimum Gasteiger partial charge on any atom is -0.497 e. The number of urea groups is 1. The van der Waals surface area contributed by atoms with E-state index in [0.717, 1.165) is 10.5 Å². The zero-order valence-corrected chi connectivity index (χ0v) is 20.1. The lowest BCUT2D eigenvalue weighted by molar-refractivity contribution is -0.123. The lowest BCUT2D eigenvalue weighted by atomic mass is 10.1. The molecule has 0 radical (unpaired) electrons. The molecule has 4 aromatic rings. The Kier molecular flexibility index (Phi) is 6.19. The molecule has 5 rings (SSSR count). The molecule has 1 aliphatic rings. The molecule has 0 bridgehead atoms. The number of ether oxygens (including phenoxy) is 1. The monoisotopic (exact) mass is 498 g/mol. The van der Waals surface area contributed by atoms with Gasteiger partial charge >= 0.3 is 6.03 Å². The van der Waals surface area contributed by atoms with Gasteiger partial charge in [-0.1, -0.05) is 42.0 Å². The minimum atomic E-state index is -0.655. The summed E-state index contributed by atoms with van der Waals surface area (Å²) in [7, 11) is 1.54. The number of aryl methyl sites for hydroxylation is 1. The van der Waals surface area contributed by atoms with Crippen LogP contribution in [0.2, 0.25) is 0 Å². The topological polar surface area (TPSA) is 96.4 Å². The third-order valence-electron chi connectivity index (χ3n) is 6.06. The van der Waals surface area contributed by atoms with Crippen LogP contribution in [-0.2, 0) is 11.3 Å². The molecule has 1 saturated heterocycles. The van der Waals surface area contributed by atoms with Gasteiger partial charge in [0.25, 0.3) is 11.5 Å². The van der Waals surface area contributed by atoms with E-state index < -0.39 is 23.3 Å². The number of carbonyl (C=O) groups excluding carboxylic acids is 2. The average molecular weight is 499 g/mol. The molecule has 37 heavy (non-hydrogen) atoms. The lowest BCUT2D eigenvalue weighted by Gasteiger charge is -2.11. The molecule has 1 aromatic heterocycles. The maximum absolute atomic E-state index is 13.6. The summed E-state index contributed by atoms with van der Waals surface area (Å²) in [6.07, 6.45) is 1.37. The number of methoxy groups -OCH3 is 1. The van der Waals surface area contributed by atoms with Gasteiger partial charge in [-0.15, -0.1) is 0 Å². The number of nitrogens with zero attached hydrogens (tertiary/aromatic N) is 2. The summed E-state index contributed by atoms with van der Waals surface area (Å²) >= 11 is 0. The first-order chi connectivity index (χ1) is 17.8. The molecule has 186 valence electrons. The fraction of sp³-hybridized carbons (Fsp3) is 0.107. The lowest BCUT2D eigenvalue weighted by Crippen LogP contribution is -2.30. The molecule has 0 unspecified atom stereocenters. The van der Waals surface area contributed by atoms with E-state index in [2.05, 4.69) is 10.4 Å². The summed E-state index contributed by atoms with van der Waals surface area (Å²) in [5.41, 5.74) is 2.94. The molecular weight excluding hydrogens is 475 g/mol. The molecule has 2 N–H and O–H groups in total. The Morgan fingerprint density at radius 3 is 2.46 bits per heavy atom. The first kappa shape index (κ1) is 23.8. The highest BCUT2D eigenvalue weighted by molar-refractivity contribution is 6.14. The van der Waals surface area contributed by atoms with Gasteiger partial charge in [-0.2, -0.15) is 0 Å². The smallest absolute Gasteiger partial charge is 0.329 e. The number of hydrogen-bond acceptors (Lipinski definition) is 4. The van der Waals surface area contributed by atoms with E-state index in [4.69, 9.17) is 4.74 Å². The van der Waals surface area contributed by atoms with Gasteiger partial charge < -0.3 is 10.1 Å². The Labute approximate surface area is 211 Å². The Morgan fingerprint density at radius 1 is 0.973 bits per heavy atom. The Hall–Kier alpha value is -4.92. The second-order valence-electron chi connectivity index (χ2n) is 8.62. The van der Waals surface area contributed by atoms with Crippen molar-refractivity contribution in [3.63, 3.8) is 0 Å².